The molecular weight excluding hydrogens is 244 g/mol. The van der Waals surface area contributed by atoms with Gasteiger partial charge < -0.3 is 5.73 Å². The summed E-state index contributed by atoms with van der Waals surface area (Å²) < 4.78 is 0. The normalized spacial score (nSPS) is 36.3. The van der Waals surface area contributed by atoms with Gasteiger partial charge in [-0.3, -0.25) is 4.90 Å². The fraction of sp³-hybridized carbons (Fsp3) is 1.00. The summed E-state index contributed by atoms with van der Waals surface area (Å²) in [5.41, 5.74) is 7.18. The van der Waals surface area contributed by atoms with E-state index in [1.807, 2.05) is 0 Å². The van der Waals surface area contributed by atoms with E-state index in [-0.39, 0.29) is 0 Å². The molecule has 0 aromatic carbocycles. The third-order valence-corrected chi connectivity index (χ3v) is 6.10. The highest BCUT2D eigenvalue weighted by Gasteiger charge is 2.41. The van der Waals surface area contributed by atoms with E-state index in [4.69, 9.17) is 5.73 Å². The summed E-state index contributed by atoms with van der Waals surface area (Å²) in [7, 11) is 0. The molecule has 20 heavy (non-hydrogen) atoms. The molecule has 2 aliphatic rings. The maximum atomic E-state index is 6.35. The van der Waals surface area contributed by atoms with E-state index in [2.05, 4.69) is 25.7 Å². The van der Waals surface area contributed by atoms with Crippen molar-refractivity contribution < 1.29 is 0 Å². The largest absolute Gasteiger partial charge is 0.329 e. The van der Waals surface area contributed by atoms with E-state index in [0.29, 0.717) is 11.0 Å². The van der Waals surface area contributed by atoms with Gasteiger partial charge in [-0.1, -0.05) is 40.0 Å². The van der Waals surface area contributed by atoms with Crippen LogP contribution in [-0.2, 0) is 0 Å². The first kappa shape index (κ1) is 16.3. The van der Waals surface area contributed by atoms with Crippen LogP contribution in [0.5, 0.6) is 0 Å². The van der Waals surface area contributed by atoms with Crippen LogP contribution in [0.15, 0.2) is 0 Å². The molecule has 0 bridgehead atoms. The molecular formula is C18H36N2. The van der Waals surface area contributed by atoms with Gasteiger partial charge in [0.1, 0.15) is 0 Å². The Bertz CT molecular complexity index is 300. The summed E-state index contributed by atoms with van der Waals surface area (Å²) in [5.74, 6) is 0. The maximum Gasteiger partial charge on any atom is 0.0334 e. The predicted molar refractivity (Wildman–Crippen MR) is 87.9 cm³/mol. The molecule has 0 spiro atoms. The lowest BCUT2D eigenvalue weighted by atomic mass is 9.82. The monoisotopic (exact) mass is 280 g/mol. The summed E-state index contributed by atoms with van der Waals surface area (Å²) in [6.07, 6.45) is 13.6. The molecule has 1 saturated heterocycles. The third kappa shape index (κ3) is 3.57. The fourth-order valence-electron chi connectivity index (χ4n) is 4.55. The Morgan fingerprint density at radius 3 is 2.50 bits per heavy atom. The first-order chi connectivity index (χ1) is 9.53. The minimum atomic E-state index is 0.304. The van der Waals surface area contributed by atoms with Crippen LogP contribution in [0, 0.1) is 5.41 Å². The van der Waals surface area contributed by atoms with E-state index in [1.54, 1.807) is 0 Å². The molecule has 2 nitrogen and oxygen atoms in total. The van der Waals surface area contributed by atoms with Crippen LogP contribution in [0.4, 0.5) is 0 Å². The van der Waals surface area contributed by atoms with Gasteiger partial charge in [-0.05, 0) is 56.9 Å². The van der Waals surface area contributed by atoms with Gasteiger partial charge in [0, 0.05) is 18.1 Å². The van der Waals surface area contributed by atoms with Crippen molar-refractivity contribution in [1.29, 1.82) is 0 Å². The van der Waals surface area contributed by atoms with Gasteiger partial charge in [0.05, 0.1) is 0 Å². The molecule has 0 aromatic rings. The van der Waals surface area contributed by atoms with Crippen LogP contribution in [0.2, 0.25) is 0 Å². The summed E-state index contributed by atoms with van der Waals surface area (Å²) in [6, 6.07) is 0.780. The number of likely N-dealkylation sites (tertiary alicyclic amines) is 1. The Labute approximate surface area is 126 Å². The Hall–Kier alpha value is -0.0800. The van der Waals surface area contributed by atoms with Crippen molar-refractivity contribution in [2.75, 3.05) is 13.1 Å². The van der Waals surface area contributed by atoms with Gasteiger partial charge in [0.2, 0.25) is 0 Å². The second-order valence-corrected chi connectivity index (χ2v) is 8.05. The number of rotatable bonds is 3. The Kier molecular flexibility index (Phi) is 5.53. The van der Waals surface area contributed by atoms with Gasteiger partial charge in [0.15, 0.2) is 0 Å². The standard InChI is InChI=1S/C18H36N2/c1-4-16-9-6-5-7-14-20(16)18(15-19)11-8-10-17(2,3)12-13-18/h16H,4-15,19H2,1-3H3. The van der Waals surface area contributed by atoms with Crippen LogP contribution in [0.25, 0.3) is 0 Å². The van der Waals surface area contributed by atoms with Gasteiger partial charge >= 0.3 is 0 Å². The second kappa shape index (κ2) is 6.79. The van der Waals surface area contributed by atoms with E-state index >= 15 is 0 Å². The molecule has 0 aromatic heterocycles. The van der Waals surface area contributed by atoms with Crippen molar-refractivity contribution >= 4 is 0 Å². The summed E-state index contributed by atoms with van der Waals surface area (Å²) in [5, 5.41) is 0. The first-order valence-corrected chi connectivity index (χ1v) is 9.00. The number of nitrogens with two attached hydrogens (primary N) is 1. The van der Waals surface area contributed by atoms with Crippen LogP contribution in [0.3, 0.4) is 0 Å². The molecule has 0 amide bonds. The molecule has 0 radical (unpaired) electrons. The predicted octanol–water partition coefficient (Wildman–Crippen LogP) is 4.33. The van der Waals surface area contributed by atoms with Crippen molar-refractivity contribution in [3.63, 3.8) is 0 Å². The lowest BCUT2D eigenvalue weighted by Gasteiger charge is -2.47. The highest BCUT2D eigenvalue weighted by molar-refractivity contribution is 4.98. The van der Waals surface area contributed by atoms with E-state index in [1.165, 1.54) is 70.8 Å². The molecule has 1 heterocycles. The van der Waals surface area contributed by atoms with Gasteiger partial charge in [-0.25, -0.2) is 0 Å². The van der Waals surface area contributed by atoms with E-state index in [0.717, 1.165) is 12.6 Å². The molecule has 1 aliphatic carbocycles. The average Bonchev–Trinajstić information content (AvgIpc) is 2.75. The molecule has 2 unspecified atom stereocenters. The summed E-state index contributed by atoms with van der Waals surface area (Å²) in [6.45, 7) is 9.40. The minimum absolute atomic E-state index is 0.304. The lowest BCUT2D eigenvalue weighted by Crippen LogP contribution is -2.57. The summed E-state index contributed by atoms with van der Waals surface area (Å²) >= 11 is 0. The molecule has 1 saturated carbocycles. The smallest absolute Gasteiger partial charge is 0.0334 e. The molecule has 1 aliphatic heterocycles. The molecule has 2 fully saturated rings. The zero-order valence-corrected chi connectivity index (χ0v) is 14.1. The Morgan fingerprint density at radius 2 is 1.80 bits per heavy atom. The van der Waals surface area contributed by atoms with Gasteiger partial charge in [-0.2, -0.15) is 0 Å². The number of hydrogen-bond acceptors (Lipinski definition) is 2. The SMILES string of the molecule is CCC1CCCCCN1C1(CN)CCCC(C)(C)CC1. The molecule has 2 atom stereocenters. The third-order valence-electron chi connectivity index (χ3n) is 6.10. The van der Waals surface area contributed by atoms with Gasteiger partial charge in [0.25, 0.3) is 0 Å². The number of hydrogen-bond donors (Lipinski definition) is 1. The first-order valence-electron chi connectivity index (χ1n) is 9.00. The van der Waals surface area contributed by atoms with E-state index < -0.39 is 0 Å². The summed E-state index contributed by atoms with van der Waals surface area (Å²) in [4.78, 5) is 2.86. The van der Waals surface area contributed by atoms with Crippen LogP contribution >= 0.6 is 0 Å². The quantitative estimate of drug-likeness (QED) is 0.780. The maximum absolute atomic E-state index is 6.35. The Morgan fingerprint density at radius 1 is 1.00 bits per heavy atom. The fourth-order valence-corrected chi connectivity index (χ4v) is 4.55. The van der Waals surface area contributed by atoms with E-state index in [9.17, 15) is 0 Å². The van der Waals surface area contributed by atoms with Crippen molar-refractivity contribution in [3.8, 4) is 0 Å². The van der Waals surface area contributed by atoms with Crippen LogP contribution in [0.1, 0.15) is 85.0 Å². The molecule has 2 rings (SSSR count). The molecule has 118 valence electrons. The molecule has 2 N–H and O–H groups in total. The Balaban J connectivity index is 2.19. The van der Waals surface area contributed by atoms with Crippen molar-refractivity contribution in [1.82, 2.24) is 4.90 Å². The van der Waals surface area contributed by atoms with Gasteiger partial charge in [-0.15, -0.1) is 0 Å². The van der Waals surface area contributed by atoms with Crippen molar-refractivity contribution in [2.45, 2.75) is 96.6 Å². The second-order valence-electron chi connectivity index (χ2n) is 8.05. The zero-order chi connectivity index (χ0) is 14.6. The average molecular weight is 280 g/mol. The zero-order valence-electron chi connectivity index (χ0n) is 14.1. The number of nitrogens with zero attached hydrogens (tertiary/aromatic N) is 1. The van der Waals surface area contributed by atoms with Crippen LogP contribution in [-0.4, -0.2) is 29.6 Å². The lowest BCUT2D eigenvalue weighted by molar-refractivity contribution is 0.0330. The van der Waals surface area contributed by atoms with Crippen molar-refractivity contribution in [2.24, 2.45) is 11.1 Å². The highest BCUT2D eigenvalue weighted by Crippen LogP contribution is 2.42. The topological polar surface area (TPSA) is 29.3 Å². The molecule has 2 heteroatoms. The van der Waals surface area contributed by atoms with Crippen molar-refractivity contribution in [3.05, 3.63) is 0 Å². The minimum Gasteiger partial charge on any atom is -0.329 e. The van der Waals surface area contributed by atoms with Crippen LogP contribution < -0.4 is 5.73 Å². The highest BCUT2D eigenvalue weighted by atomic mass is 15.2.